The molecule has 0 radical (unpaired) electrons. The molecule has 14 nitrogen and oxygen atoms in total. The number of hydrogen-bond donors (Lipinski definition) is 6. The summed E-state index contributed by atoms with van der Waals surface area (Å²) in [5, 5.41) is 65.3. The summed E-state index contributed by atoms with van der Waals surface area (Å²) in [6.07, 6.45) is -2.52. The maximum atomic E-state index is 13.2. The summed E-state index contributed by atoms with van der Waals surface area (Å²) in [6.45, 7) is 3.57. The molecule has 2 saturated heterocycles. The van der Waals surface area contributed by atoms with Gasteiger partial charge in [0.15, 0.2) is 12.6 Å². The summed E-state index contributed by atoms with van der Waals surface area (Å²) >= 11 is 0. The molecular weight excluding hydrogens is 656 g/mol. The Bertz CT molecular complexity index is 1330. The number of carbonyl (C=O) groups excluding carboxylic acids is 2. The predicted octanol–water partition coefficient (Wildman–Crippen LogP) is 0.258. The third-order valence-electron chi connectivity index (χ3n) is 14.2. The smallest absolute Gasteiger partial charge is 0.331 e. The van der Waals surface area contributed by atoms with Crippen molar-refractivity contribution in [3.05, 3.63) is 11.6 Å². The van der Waals surface area contributed by atoms with E-state index in [1.807, 2.05) is 0 Å². The molecule has 6 fully saturated rings. The lowest BCUT2D eigenvalue weighted by atomic mass is 9.41. The summed E-state index contributed by atoms with van der Waals surface area (Å²) in [6, 6.07) is 0. The first-order valence-electron chi connectivity index (χ1n) is 18.3. The van der Waals surface area contributed by atoms with Crippen LogP contribution in [0.2, 0.25) is 0 Å². The molecule has 4 aliphatic carbocycles. The van der Waals surface area contributed by atoms with E-state index in [4.69, 9.17) is 28.4 Å². The SMILES string of the molecule is CO[C@H]1C[C@@H](O[C@H]2CC[C@]3(C=O)C4CC[C@]5(C)[C@@H](C6=CC(=O)OC6)CC[C@@]5(O)C4CC[C@@]3(O)C2)OC(C)[C@H]1O[C@H]1O[C@@H](CO)[C@@H](O)[C@@H](O)[C@H]1O. The Labute approximate surface area is 292 Å². The highest BCUT2D eigenvalue weighted by atomic mass is 16.7. The van der Waals surface area contributed by atoms with E-state index in [1.54, 1.807) is 13.0 Å². The van der Waals surface area contributed by atoms with Crippen molar-refractivity contribution in [3.8, 4) is 0 Å². The number of aliphatic hydroxyl groups is 6. The van der Waals surface area contributed by atoms with Gasteiger partial charge in [0.25, 0.3) is 0 Å². The normalized spacial score (nSPS) is 53.5. The van der Waals surface area contributed by atoms with Crippen molar-refractivity contribution in [1.29, 1.82) is 0 Å². The van der Waals surface area contributed by atoms with Gasteiger partial charge in [0.2, 0.25) is 0 Å². The first-order valence-corrected chi connectivity index (χ1v) is 18.3. The molecule has 7 rings (SSSR count). The molecule has 0 aromatic heterocycles. The van der Waals surface area contributed by atoms with Crippen molar-refractivity contribution < 1.29 is 68.6 Å². The van der Waals surface area contributed by atoms with E-state index >= 15 is 0 Å². The zero-order chi connectivity index (χ0) is 35.8. The molecule has 3 heterocycles. The Hall–Kier alpha value is -1.56. The number of aldehydes is 1. The third-order valence-corrected chi connectivity index (χ3v) is 14.2. The van der Waals surface area contributed by atoms with Crippen LogP contribution < -0.4 is 0 Å². The minimum Gasteiger partial charge on any atom is -0.458 e. The third kappa shape index (κ3) is 5.55. The number of aliphatic hydroxyl groups excluding tert-OH is 4. The fourth-order valence-electron chi connectivity index (χ4n) is 11.5. The van der Waals surface area contributed by atoms with Gasteiger partial charge in [0, 0.05) is 31.4 Å². The minimum atomic E-state index is -1.58. The number of esters is 1. The van der Waals surface area contributed by atoms with E-state index in [2.05, 4.69) is 6.92 Å². The number of rotatable bonds is 8. The van der Waals surface area contributed by atoms with Crippen molar-refractivity contribution in [3.63, 3.8) is 0 Å². The van der Waals surface area contributed by atoms with Crippen LogP contribution in [0.1, 0.15) is 78.1 Å². The van der Waals surface area contributed by atoms with E-state index in [1.165, 1.54) is 7.11 Å². The zero-order valence-corrected chi connectivity index (χ0v) is 29.1. The molecule has 0 spiro atoms. The fourth-order valence-corrected chi connectivity index (χ4v) is 11.5. The average molecular weight is 711 g/mol. The summed E-state index contributed by atoms with van der Waals surface area (Å²) < 4.78 is 35.2. The summed E-state index contributed by atoms with van der Waals surface area (Å²) in [7, 11) is 1.51. The molecular formula is C36H54O14. The quantitative estimate of drug-likeness (QED) is 0.113. The van der Waals surface area contributed by atoms with E-state index in [0.29, 0.717) is 44.9 Å². The van der Waals surface area contributed by atoms with Crippen molar-refractivity contribution in [2.75, 3.05) is 20.3 Å². The molecule has 0 aromatic carbocycles. The molecule has 7 aliphatic rings. The van der Waals surface area contributed by atoms with Crippen molar-refractivity contribution in [2.45, 2.75) is 151 Å². The molecule has 6 N–H and O–H groups in total. The second-order valence-corrected chi connectivity index (χ2v) is 16.3. The maximum Gasteiger partial charge on any atom is 0.331 e. The number of cyclic esters (lactones) is 1. The molecule has 0 bridgehead atoms. The number of hydrogen-bond acceptors (Lipinski definition) is 14. The topological polar surface area (TPSA) is 211 Å². The van der Waals surface area contributed by atoms with Gasteiger partial charge in [-0.3, -0.25) is 0 Å². The summed E-state index contributed by atoms with van der Waals surface area (Å²) in [4.78, 5) is 25.1. The molecule has 0 aromatic rings. The predicted molar refractivity (Wildman–Crippen MR) is 171 cm³/mol. The van der Waals surface area contributed by atoms with Crippen LogP contribution in [0.25, 0.3) is 0 Å². The summed E-state index contributed by atoms with van der Waals surface area (Å²) in [5.74, 6) is -0.635. The molecule has 17 atom stereocenters. The van der Waals surface area contributed by atoms with Crippen molar-refractivity contribution in [1.82, 2.24) is 0 Å². The number of methoxy groups -OCH3 is 1. The van der Waals surface area contributed by atoms with Gasteiger partial charge in [-0.25, -0.2) is 4.79 Å². The van der Waals surface area contributed by atoms with Crippen molar-refractivity contribution in [2.24, 2.45) is 28.6 Å². The second kappa shape index (κ2) is 13.4. The number of carbonyl (C=O) groups is 2. The van der Waals surface area contributed by atoms with Crippen LogP contribution in [0.3, 0.4) is 0 Å². The Morgan fingerprint density at radius 3 is 2.40 bits per heavy atom. The Morgan fingerprint density at radius 2 is 1.72 bits per heavy atom. The van der Waals surface area contributed by atoms with E-state index < -0.39 is 90.1 Å². The van der Waals surface area contributed by atoms with Gasteiger partial charge in [-0.05, 0) is 81.6 Å². The largest absolute Gasteiger partial charge is 0.458 e. The number of ether oxygens (including phenoxy) is 6. The van der Waals surface area contributed by atoms with E-state index in [-0.39, 0.29) is 43.2 Å². The van der Waals surface area contributed by atoms with Gasteiger partial charge >= 0.3 is 5.97 Å². The van der Waals surface area contributed by atoms with Crippen LogP contribution in [-0.2, 0) is 38.0 Å². The Morgan fingerprint density at radius 1 is 0.960 bits per heavy atom. The maximum absolute atomic E-state index is 13.2. The highest BCUT2D eigenvalue weighted by Gasteiger charge is 2.71. The monoisotopic (exact) mass is 710 g/mol. The van der Waals surface area contributed by atoms with Crippen LogP contribution in [0.5, 0.6) is 0 Å². The van der Waals surface area contributed by atoms with Crippen LogP contribution in [0.4, 0.5) is 0 Å². The standard InChI is InChI=1S/C36H54O14/c1-18-31(50-32-30(42)29(41)28(40)25(15-37)49-32)24(45-3)13-27(47-18)48-20-4-9-34(17-38)22-5-8-33(2)21(19-12-26(39)46-16-19)7-11-36(33,44)23(22)6-10-35(34,43)14-20/h12,17-18,20-25,27-32,37,40-44H,4-11,13-16H2,1-3H3/t18?,20-,21+,22?,23?,24-,25-,27+,28+,29+,30+,31+,32+,33+,34-,35+,36+/m0/s1. The lowest BCUT2D eigenvalue weighted by molar-refractivity contribution is -0.346. The van der Waals surface area contributed by atoms with Gasteiger partial charge < -0.3 is 63.9 Å². The molecule has 14 heteroatoms. The van der Waals surface area contributed by atoms with Crippen LogP contribution in [0, 0.1) is 28.6 Å². The van der Waals surface area contributed by atoms with Gasteiger partial charge in [0.1, 0.15) is 43.4 Å². The van der Waals surface area contributed by atoms with Gasteiger partial charge in [-0.2, -0.15) is 0 Å². The Balaban J connectivity index is 1.01. The lowest BCUT2D eigenvalue weighted by Crippen LogP contribution is -2.69. The average Bonchev–Trinajstić information content (AvgIpc) is 3.64. The van der Waals surface area contributed by atoms with Gasteiger partial charge in [0.05, 0.1) is 41.5 Å². The van der Waals surface area contributed by atoms with Crippen LogP contribution in [-0.4, -0.2) is 136 Å². The Kier molecular flexibility index (Phi) is 9.84. The minimum absolute atomic E-state index is 0.0352. The molecule has 3 unspecified atom stereocenters. The van der Waals surface area contributed by atoms with E-state index in [9.17, 15) is 40.2 Å². The molecule has 4 saturated carbocycles. The lowest BCUT2D eigenvalue weighted by Gasteiger charge is -2.65. The van der Waals surface area contributed by atoms with E-state index in [0.717, 1.165) is 18.3 Å². The van der Waals surface area contributed by atoms with Crippen LogP contribution >= 0.6 is 0 Å². The highest BCUT2D eigenvalue weighted by Crippen LogP contribution is 2.70. The first-order chi connectivity index (χ1) is 23.7. The second-order valence-electron chi connectivity index (χ2n) is 16.3. The van der Waals surface area contributed by atoms with Gasteiger partial charge in [-0.1, -0.05) is 6.92 Å². The van der Waals surface area contributed by atoms with Crippen molar-refractivity contribution >= 4 is 12.3 Å². The zero-order valence-electron chi connectivity index (χ0n) is 29.1. The molecule has 3 aliphatic heterocycles. The van der Waals surface area contributed by atoms with Gasteiger partial charge in [-0.15, -0.1) is 0 Å². The highest BCUT2D eigenvalue weighted by molar-refractivity contribution is 5.85. The number of fused-ring (bicyclic) bond motifs is 5. The molecule has 0 amide bonds. The summed E-state index contributed by atoms with van der Waals surface area (Å²) in [5.41, 5.74) is -2.86. The fraction of sp³-hybridized carbons (Fsp3) is 0.889. The molecule has 282 valence electrons. The van der Waals surface area contributed by atoms with Crippen LogP contribution in [0.15, 0.2) is 11.6 Å². The molecule has 50 heavy (non-hydrogen) atoms. The first kappa shape index (κ1) is 36.8.